The lowest BCUT2D eigenvalue weighted by Crippen LogP contribution is -2.50. The molecule has 18 heavy (non-hydrogen) atoms. The first-order valence-corrected chi connectivity index (χ1v) is 6.33. The number of anilines is 1. The van der Waals surface area contributed by atoms with Crippen molar-refractivity contribution in [3.8, 4) is 0 Å². The molecular weight excluding hydrogens is 252 g/mol. The molecule has 1 aromatic rings. The number of rotatable bonds is 5. The molecule has 4 nitrogen and oxygen atoms in total. The number of carbonyl (C=O) groups excluding carboxylic acids is 1. The monoisotopic (exact) mass is 270 g/mol. The van der Waals surface area contributed by atoms with Gasteiger partial charge in [-0.05, 0) is 25.5 Å². The van der Waals surface area contributed by atoms with Crippen LogP contribution in [0.4, 0.5) is 10.5 Å². The van der Waals surface area contributed by atoms with Gasteiger partial charge in [-0.2, -0.15) is 0 Å². The lowest BCUT2D eigenvalue weighted by molar-refractivity contribution is 0.167. The van der Waals surface area contributed by atoms with Gasteiger partial charge in [-0.15, -0.1) is 0 Å². The second-order valence-electron chi connectivity index (χ2n) is 4.53. The summed E-state index contributed by atoms with van der Waals surface area (Å²) in [4.78, 5) is 11.8. The normalized spacial score (nSPS) is 13.8. The third-order valence-corrected chi connectivity index (χ3v) is 3.02. The van der Waals surface area contributed by atoms with Crippen LogP contribution in [0.25, 0.3) is 0 Å². The highest BCUT2D eigenvalue weighted by Gasteiger charge is 2.24. The molecule has 0 aliphatic heterocycles. The molecule has 0 heterocycles. The van der Waals surface area contributed by atoms with Crippen molar-refractivity contribution in [3.05, 3.63) is 29.3 Å². The summed E-state index contributed by atoms with van der Waals surface area (Å²) in [6.07, 6.45) is 1.59. The van der Waals surface area contributed by atoms with E-state index in [2.05, 4.69) is 10.6 Å². The quantitative estimate of drug-likeness (QED) is 0.770. The van der Waals surface area contributed by atoms with E-state index in [9.17, 15) is 9.90 Å². The van der Waals surface area contributed by atoms with Gasteiger partial charge >= 0.3 is 6.03 Å². The van der Waals surface area contributed by atoms with Crippen LogP contribution < -0.4 is 10.6 Å². The van der Waals surface area contributed by atoms with Crippen molar-refractivity contribution in [1.29, 1.82) is 0 Å². The number of amides is 2. The third-order valence-electron chi connectivity index (χ3n) is 2.69. The highest BCUT2D eigenvalue weighted by Crippen LogP contribution is 2.20. The summed E-state index contributed by atoms with van der Waals surface area (Å²) in [5.41, 5.74) is -0.0615. The number of aliphatic hydroxyl groups excluding tert-OH is 1. The first kappa shape index (κ1) is 14.8. The van der Waals surface area contributed by atoms with Gasteiger partial charge in [0.15, 0.2) is 0 Å². The Balaban J connectivity index is 2.64. The van der Waals surface area contributed by atoms with Gasteiger partial charge in [0, 0.05) is 0 Å². The minimum Gasteiger partial charge on any atom is -0.394 e. The predicted octanol–water partition coefficient (Wildman–Crippen LogP) is 3.01. The summed E-state index contributed by atoms with van der Waals surface area (Å²) >= 11 is 5.94. The van der Waals surface area contributed by atoms with Crippen LogP contribution in [0.2, 0.25) is 5.02 Å². The molecule has 0 aromatic heterocycles. The molecule has 0 radical (unpaired) electrons. The van der Waals surface area contributed by atoms with Gasteiger partial charge in [-0.25, -0.2) is 4.79 Å². The van der Waals surface area contributed by atoms with Crippen molar-refractivity contribution in [2.75, 3.05) is 11.9 Å². The van der Waals surface area contributed by atoms with Gasteiger partial charge in [0.25, 0.3) is 0 Å². The van der Waals surface area contributed by atoms with Crippen LogP contribution in [-0.4, -0.2) is 23.3 Å². The molecule has 1 unspecified atom stereocenters. The summed E-state index contributed by atoms with van der Waals surface area (Å²) in [5.74, 6) is 0. The number of para-hydroxylation sites is 1. The zero-order chi connectivity index (χ0) is 13.6. The maximum atomic E-state index is 11.8. The van der Waals surface area contributed by atoms with E-state index in [1.807, 2.05) is 13.8 Å². The maximum Gasteiger partial charge on any atom is 0.319 e. The Morgan fingerprint density at radius 3 is 2.67 bits per heavy atom. The fourth-order valence-corrected chi connectivity index (χ4v) is 1.91. The lowest BCUT2D eigenvalue weighted by Gasteiger charge is -2.28. The molecule has 0 aliphatic carbocycles. The molecule has 1 atom stereocenters. The Labute approximate surface area is 112 Å². The molecule has 0 saturated heterocycles. The van der Waals surface area contributed by atoms with Crippen LogP contribution >= 0.6 is 11.6 Å². The summed E-state index contributed by atoms with van der Waals surface area (Å²) in [5, 5.41) is 15.2. The molecule has 0 saturated carbocycles. The lowest BCUT2D eigenvalue weighted by atomic mass is 9.98. The van der Waals surface area contributed by atoms with Gasteiger partial charge in [0.05, 0.1) is 22.9 Å². The molecule has 100 valence electrons. The first-order chi connectivity index (χ1) is 8.50. The highest BCUT2D eigenvalue weighted by atomic mass is 35.5. The molecular formula is C13H19ClN2O2. The van der Waals surface area contributed by atoms with Gasteiger partial charge < -0.3 is 15.7 Å². The van der Waals surface area contributed by atoms with Crippen molar-refractivity contribution in [2.24, 2.45) is 0 Å². The van der Waals surface area contributed by atoms with Crippen LogP contribution in [0, 0.1) is 0 Å². The Morgan fingerprint density at radius 1 is 1.44 bits per heavy atom. The van der Waals surface area contributed by atoms with E-state index < -0.39 is 5.54 Å². The van der Waals surface area contributed by atoms with Gasteiger partial charge in [-0.1, -0.05) is 37.1 Å². The number of halogens is 1. The van der Waals surface area contributed by atoms with E-state index in [0.717, 1.165) is 6.42 Å². The molecule has 1 rings (SSSR count). The number of hydrogen-bond donors (Lipinski definition) is 3. The number of urea groups is 1. The largest absolute Gasteiger partial charge is 0.394 e. The third kappa shape index (κ3) is 4.20. The molecule has 5 heteroatoms. The van der Waals surface area contributed by atoms with E-state index in [4.69, 9.17) is 11.6 Å². The van der Waals surface area contributed by atoms with E-state index in [-0.39, 0.29) is 12.6 Å². The molecule has 2 amide bonds. The van der Waals surface area contributed by atoms with Gasteiger partial charge in [0.2, 0.25) is 0 Å². The standard InChI is InChI=1S/C13H19ClN2O2/c1-3-8-13(2,9-17)16-12(18)15-11-7-5-4-6-10(11)14/h4-7,17H,3,8-9H2,1-2H3,(H2,15,16,18). The minimum absolute atomic E-state index is 0.100. The van der Waals surface area contributed by atoms with Crippen molar-refractivity contribution in [2.45, 2.75) is 32.2 Å². The second-order valence-corrected chi connectivity index (χ2v) is 4.93. The summed E-state index contributed by atoms with van der Waals surface area (Å²) in [6, 6.07) is 6.64. The van der Waals surface area contributed by atoms with E-state index in [0.29, 0.717) is 17.1 Å². The number of benzene rings is 1. The maximum absolute atomic E-state index is 11.8. The zero-order valence-electron chi connectivity index (χ0n) is 10.7. The van der Waals surface area contributed by atoms with Crippen LogP contribution in [0.1, 0.15) is 26.7 Å². The number of nitrogens with one attached hydrogen (secondary N) is 2. The number of hydrogen-bond acceptors (Lipinski definition) is 2. The van der Waals surface area contributed by atoms with Crippen molar-refractivity contribution in [3.63, 3.8) is 0 Å². The fraction of sp³-hybridized carbons (Fsp3) is 0.462. The van der Waals surface area contributed by atoms with Gasteiger partial charge in [-0.3, -0.25) is 0 Å². The van der Waals surface area contributed by atoms with E-state index in [1.165, 1.54) is 0 Å². The second kappa shape index (κ2) is 6.61. The van der Waals surface area contributed by atoms with Crippen LogP contribution in [0.5, 0.6) is 0 Å². The summed E-state index contributed by atoms with van der Waals surface area (Å²) in [7, 11) is 0. The first-order valence-electron chi connectivity index (χ1n) is 5.95. The minimum atomic E-state index is -0.611. The molecule has 0 spiro atoms. The van der Waals surface area contributed by atoms with Crippen LogP contribution in [0.15, 0.2) is 24.3 Å². The summed E-state index contributed by atoms with van der Waals surface area (Å²) in [6.45, 7) is 3.71. The fourth-order valence-electron chi connectivity index (χ4n) is 1.72. The molecule has 0 fully saturated rings. The molecule has 0 aliphatic rings. The van der Waals surface area contributed by atoms with Crippen molar-refractivity contribution < 1.29 is 9.90 Å². The average Bonchev–Trinajstić information content (AvgIpc) is 2.32. The molecule has 1 aromatic carbocycles. The van der Waals surface area contributed by atoms with Crippen LogP contribution in [-0.2, 0) is 0 Å². The number of aliphatic hydroxyl groups is 1. The summed E-state index contributed by atoms with van der Waals surface area (Å²) < 4.78 is 0. The Hall–Kier alpha value is -1.26. The van der Waals surface area contributed by atoms with E-state index in [1.54, 1.807) is 24.3 Å². The highest BCUT2D eigenvalue weighted by molar-refractivity contribution is 6.33. The predicted molar refractivity (Wildman–Crippen MR) is 74.0 cm³/mol. The van der Waals surface area contributed by atoms with Gasteiger partial charge in [0.1, 0.15) is 0 Å². The SMILES string of the molecule is CCCC(C)(CO)NC(=O)Nc1ccccc1Cl. The van der Waals surface area contributed by atoms with E-state index >= 15 is 0 Å². The van der Waals surface area contributed by atoms with Crippen molar-refractivity contribution in [1.82, 2.24) is 5.32 Å². The Morgan fingerprint density at radius 2 is 2.11 bits per heavy atom. The number of carbonyl (C=O) groups is 1. The molecule has 3 N–H and O–H groups in total. The van der Waals surface area contributed by atoms with Crippen LogP contribution in [0.3, 0.4) is 0 Å². The Kier molecular flexibility index (Phi) is 5.44. The average molecular weight is 271 g/mol. The smallest absolute Gasteiger partial charge is 0.319 e. The Bertz CT molecular complexity index is 412. The molecule has 0 bridgehead atoms. The zero-order valence-corrected chi connectivity index (χ0v) is 11.4. The topological polar surface area (TPSA) is 61.4 Å². The van der Waals surface area contributed by atoms with Crippen molar-refractivity contribution >= 4 is 23.3 Å².